The monoisotopic (exact) mass is 454 g/mol. The molecule has 4 amide bonds. The molecular formula is C22H26N6O3S. The van der Waals surface area contributed by atoms with Crippen molar-refractivity contribution in [3.8, 4) is 0 Å². The molecule has 2 N–H and O–H groups in total. The summed E-state index contributed by atoms with van der Waals surface area (Å²) in [5.74, 6) is 0.622. The molecule has 32 heavy (non-hydrogen) atoms. The zero-order valence-corrected chi connectivity index (χ0v) is 18.6. The fraction of sp³-hybridized carbons (Fsp3) is 0.500. The number of hydrogen-bond acceptors (Lipinski definition) is 6. The van der Waals surface area contributed by atoms with E-state index in [2.05, 4.69) is 37.6 Å². The van der Waals surface area contributed by atoms with E-state index in [1.54, 1.807) is 0 Å². The van der Waals surface area contributed by atoms with Crippen molar-refractivity contribution in [1.29, 1.82) is 0 Å². The second-order valence-corrected chi connectivity index (χ2v) is 9.67. The van der Waals surface area contributed by atoms with Gasteiger partial charge >= 0.3 is 6.03 Å². The molecule has 1 aromatic heterocycles. The van der Waals surface area contributed by atoms with E-state index in [0.29, 0.717) is 30.5 Å². The van der Waals surface area contributed by atoms with Gasteiger partial charge < -0.3 is 9.88 Å². The predicted octanol–water partition coefficient (Wildman–Crippen LogP) is 2.58. The van der Waals surface area contributed by atoms with Crippen molar-refractivity contribution in [3.05, 3.63) is 41.7 Å². The first-order chi connectivity index (χ1) is 15.6. The Labute approximate surface area is 190 Å². The molecule has 3 aliphatic rings. The lowest BCUT2D eigenvalue weighted by Crippen LogP contribution is -2.51. The summed E-state index contributed by atoms with van der Waals surface area (Å²) in [4.78, 5) is 37.8. The average Bonchev–Trinajstić information content (AvgIpc) is 3.54. The molecule has 2 aromatic rings. The number of urea groups is 1. The first-order valence-electron chi connectivity index (χ1n) is 11.1. The third-order valence-electron chi connectivity index (χ3n) is 6.31. The van der Waals surface area contributed by atoms with Gasteiger partial charge in [0, 0.05) is 5.92 Å². The van der Waals surface area contributed by atoms with Crippen molar-refractivity contribution in [2.45, 2.75) is 68.1 Å². The molecule has 5 rings (SSSR count). The topological polar surface area (TPSA) is 109 Å². The van der Waals surface area contributed by atoms with Gasteiger partial charge in [-0.25, -0.2) is 4.79 Å². The summed E-state index contributed by atoms with van der Waals surface area (Å²) in [7, 11) is 0. The van der Waals surface area contributed by atoms with E-state index in [4.69, 9.17) is 0 Å². The zero-order valence-electron chi connectivity index (χ0n) is 17.7. The van der Waals surface area contributed by atoms with Crippen LogP contribution in [-0.2, 0) is 16.1 Å². The van der Waals surface area contributed by atoms with Gasteiger partial charge in [-0.2, -0.15) is 5.01 Å². The molecule has 2 aliphatic carbocycles. The molecule has 0 bridgehead atoms. The highest BCUT2D eigenvalue weighted by molar-refractivity contribution is 7.99. The second kappa shape index (κ2) is 8.57. The highest BCUT2D eigenvalue weighted by atomic mass is 32.2. The summed E-state index contributed by atoms with van der Waals surface area (Å²) < 4.78 is 2.07. The quantitative estimate of drug-likeness (QED) is 0.492. The average molecular weight is 455 g/mol. The summed E-state index contributed by atoms with van der Waals surface area (Å²) in [6.45, 7) is 0.638. The zero-order chi connectivity index (χ0) is 22.1. The van der Waals surface area contributed by atoms with Gasteiger partial charge in [-0.05, 0) is 31.2 Å². The van der Waals surface area contributed by atoms with E-state index in [1.165, 1.54) is 11.8 Å². The number of amides is 4. The van der Waals surface area contributed by atoms with E-state index in [0.717, 1.165) is 48.5 Å². The molecule has 168 valence electrons. The van der Waals surface area contributed by atoms with Crippen LogP contribution in [0.5, 0.6) is 0 Å². The van der Waals surface area contributed by atoms with Crippen LogP contribution in [-0.4, -0.2) is 48.9 Å². The third kappa shape index (κ3) is 4.11. The van der Waals surface area contributed by atoms with Gasteiger partial charge in [0.1, 0.15) is 11.4 Å². The summed E-state index contributed by atoms with van der Waals surface area (Å²) in [5.41, 5.74) is 2.77. The summed E-state index contributed by atoms with van der Waals surface area (Å²) in [6, 6.07) is 9.51. The number of rotatable bonds is 7. The van der Waals surface area contributed by atoms with Crippen LogP contribution in [0.3, 0.4) is 0 Å². The maximum Gasteiger partial charge on any atom is 0.344 e. The Kier molecular flexibility index (Phi) is 5.62. The third-order valence-corrected chi connectivity index (χ3v) is 7.28. The lowest BCUT2D eigenvalue weighted by molar-refractivity contribution is -0.139. The number of imide groups is 1. The van der Waals surface area contributed by atoms with E-state index in [9.17, 15) is 14.4 Å². The molecule has 1 saturated heterocycles. The number of benzene rings is 1. The number of carbonyl (C=O) groups is 3. The fourth-order valence-electron chi connectivity index (χ4n) is 4.47. The number of aromatic nitrogens is 3. The minimum Gasteiger partial charge on any atom is -0.322 e. The van der Waals surface area contributed by atoms with Crippen LogP contribution in [0.15, 0.2) is 35.5 Å². The normalized spacial score (nSPS) is 19.9. The molecule has 9 nitrogen and oxygen atoms in total. The van der Waals surface area contributed by atoms with Gasteiger partial charge in [0.15, 0.2) is 5.16 Å². The Morgan fingerprint density at radius 2 is 1.88 bits per heavy atom. The molecule has 3 fully saturated rings. The molecule has 1 spiro atoms. The van der Waals surface area contributed by atoms with E-state index < -0.39 is 17.5 Å². The molecule has 1 aromatic carbocycles. The van der Waals surface area contributed by atoms with Crippen LogP contribution < -0.4 is 10.7 Å². The Bertz CT molecular complexity index is 1030. The number of hydrogen-bond donors (Lipinski definition) is 2. The van der Waals surface area contributed by atoms with Crippen LogP contribution in [0, 0.1) is 0 Å². The fourth-order valence-corrected chi connectivity index (χ4v) is 5.21. The highest BCUT2D eigenvalue weighted by Crippen LogP contribution is 2.40. The molecular weight excluding hydrogens is 428 g/mol. The first-order valence-corrected chi connectivity index (χ1v) is 12.1. The minimum absolute atomic E-state index is 0.0294. The largest absolute Gasteiger partial charge is 0.344 e. The summed E-state index contributed by atoms with van der Waals surface area (Å²) in [5, 5.41) is 13.0. The van der Waals surface area contributed by atoms with E-state index >= 15 is 0 Å². The van der Waals surface area contributed by atoms with Gasteiger partial charge in [-0.15, -0.1) is 10.2 Å². The SMILES string of the molecule is O=C(CSc1nnc(C2CC2)n1Cc1ccccc1)NN1C(=O)NC2(CCCCC2)C1=O. The van der Waals surface area contributed by atoms with Crippen molar-refractivity contribution in [3.63, 3.8) is 0 Å². The molecule has 1 aliphatic heterocycles. The van der Waals surface area contributed by atoms with Crippen molar-refractivity contribution in [2.24, 2.45) is 0 Å². The van der Waals surface area contributed by atoms with Crippen molar-refractivity contribution in [2.75, 3.05) is 5.75 Å². The molecule has 2 heterocycles. The Morgan fingerprint density at radius 1 is 1.12 bits per heavy atom. The van der Waals surface area contributed by atoms with Crippen LogP contribution in [0.1, 0.15) is 62.3 Å². The van der Waals surface area contributed by atoms with Crippen LogP contribution in [0.4, 0.5) is 4.79 Å². The highest BCUT2D eigenvalue weighted by Gasteiger charge is 2.52. The Hall–Kier alpha value is -2.88. The maximum atomic E-state index is 12.8. The van der Waals surface area contributed by atoms with Crippen LogP contribution >= 0.6 is 11.8 Å². The number of nitrogens with zero attached hydrogens (tertiary/aromatic N) is 4. The molecule has 10 heteroatoms. The van der Waals surface area contributed by atoms with Gasteiger partial charge in [0.05, 0.1) is 12.3 Å². The molecule has 2 saturated carbocycles. The molecule has 0 radical (unpaired) electrons. The Balaban J connectivity index is 1.24. The predicted molar refractivity (Wildman–Crippen MR) is 118 cm³/mol. The van der Waals surface area contributed by atoms with E-state index in [1.807, 2.05) is 18.2 Å². The first kappa shape index (κ1) is 21.0. The maximum absolute atomic E-state index is 12.8. The standard InChI is InChI=1S/C22H26N6O3S/c29-17(26-28-19(30)22(23-20(28)31)11-5-2-6-12-22)14-32-21-25-24-18(16-9-10-16)27(21)13-15-7-3-1-4-8-15/h1,3-4,7-8,16H,2,5-6,9-14H2,(H,23,31)(H,26,29). The van der Waals surface area contributed by atoms with Crippen molar-refractivity contribution in [1.82, 2.24) is 30.5 Å². The lowest BCUT2D eigenvalue weighted by atomic mass is 9.82. The Morgan fingerprint density at radius 3 is 2.59 bits per heavy atom. The second-order valence-electron chi connectivity index (χ2n) is 8.72. The summed E-state index contributed by atoms with van der Waals surface area (Å²) >= 11 is 1.26. The van der Waals surface area contributed by atoms with E-state index in [-0.39, 0.29) is 11.7 Å². The lowest BCUT2D eigenvalue weighted by Gasteiger charge is -2.30. The van der Waals surface area contributed by atoms with Gasteiger partial charge in [0.25, 0.3) is 5.91 Å². The van der Waals surface area contributed by atoms with Gasteiger partial charge in [0.2, 0.25) is 5.91 Å². The number of carbonyl (C=O) groups excluding carboxylic acids is 3. The molecule has 0 unspecified atom stereocenters. The van der Waals surface area contributed by atoms with Gasteiger partial charge in [-0.3, -0.25) is 15.0 Å². The molecule has 0 atom stereocenters. The minimum atomic E-state index is -0.856. The van der Waals surface area contributed by atoms with Gasteiger partial charge in [-0.1, -0.05) is 61.4 Å². The van der Waals surface area contributed by atoms with Crippen LogP contribution in [0.25, 0.3) is 0 Å². The number of thioether (sulfide) groups is 1. The van der Waals surface area contributed by atoms with Crippen molar-refractivity contribution >= 4 is 29.6 Å². The van der Waals surface area contributed by atoms with Crippen LogP contribution in [0.2, 0.25) is 0 Å². The smallest absolute Gasteiger partial charge is 0.322 e. The number of nitrogens with one attached hydrogen (secondary N) is 2. The number of hydrazine groups is 1. The van der Waals surface area contributed by atoms with Crippen molar-refractivity contribution < 1.29 is 14.4 Å². The summed E-state index contributed by atoms with van der Waals surface area (Å²) in [6.07, 6.45) is 6.28.